The van der Waals surface area contributed by atoms with Crippen LogP contribution in [-0.2, 0) is 4.79 Å². The van der Waals surface area contributed by atoms with Crippen molar-refractivity contribution < 1.29 is 4.79 Å². The molecule has 1 aromatic carbocycles. The molecule has 0 saturated carbocycles. The highest BCUT2D eigenvalue weighted by Gasteiger charge is 2.04. The highest BCUT2D eigenvalue weighted by molar-refractivity contribution is 6.31. The lowest BCUT2D eigenvalue weighted by atomic mass is 10.0. The molecule has 0 amide bonds. The molecule has 2 nitrogen and oxygen atoms in total. The van der Waals surface area contributed by atoms with Crippen LogP contribution in [0.15, 0.2) is 23.2 Å². The molecule has 0 fully saturated rings. The molecule has 0 aliphatic carbocycles. The Morgan fingerprint density at radius 1 is 1.46 bits per heavy atom. The fourth-order valence-electron chi connectivity index (χ4n) is 1.11. The van der Waals surface area contributed by atoms with E-state index < -0.39 is 0 Å². The molecule has 3 heteroatoms. The third-order valence-electron chi connectivity index (χ3n) is 1.78. The number of aliphatic imine (C=N–C) groups is 1. The van der Waals surface area contributed by atoms with Crippen LogP contribution >= 0.6 is 11.6 Å². The van der Waals surface area contributed by atoms with Crippen molar-refractivity contribution in [1.82, 2.24) is 0 Å². The van der Waals surface area contributed by atoms with Crippen LogP contribution in [0.3, 0.4) is 0 Å². The summed E-state index contributed by atoms with van der Waals surface area (Å²) in [7, 11) is 0. The number of carbonyl (C=O) groups excluding carboxylic acids is 1. The molecule has 0 N–H and O–H groups in total. The number of rotatable bonds is 2. The Labute approximate surface area is 82.3 Å². The van der Waals surface area contributed by atoms with Gasteiger partial charge in [-0.1, -0.05) is 31.5 Å². The van der Waals surface area contributed by atoms with Gasteiger partial charge in [0.25, 0.3) is 0 Å². The minimum Gasteiger partial charge on any atom is -0.211 e. The zero-order valence-electron chi connectivity index (χ0n) is 7.54. The topological polar surface area (TPSA) is 29.4 Å². The van der Waals surface area contributed by atoms with E-state index in [1.807, 2.05) is 6.07 Å². The van der Waals surface area contributed by atoms with E-state index >= 15 is 0 Å². The summed E-state index contributed by atoms with van der Waals surface area (Å²) in [5.41, 5.74) is 1.61. The van der Waals surface area contributed by atoms with Gasteiger partial charge < -0.3 is 0 Å². The molecule has 0 saturated heterocycles. The molecule has 0 aliphatic heterocycles. The molecule has 0 atom stereocenters. The summed E-state index contributed by atoms with van der Waals surface area (Å²) >= 11 is 5.97. The van der Waals surface area contributed by atoms with E-state index in [1.165, 1.54) is 6.08 Å². The standard InChI is InChI=1S/C10H10ClNO/c1-7(2)9-4-3-8(12-6-13)5-10(9)11/h3-5,7H,1-2H3. The van der Waals surface area contributed by atoms with E-state index in [2.05, 4.69) is 18.8 Å². The van der Waals surface area contributed by atoms with Crippen molar-refractivity contribution in [3.8, 4) is 0 Å². The molecule has 0 aliphatic rings. The second-order valence-corrected chi connectivity index (χ2v) is 3.47. The first-order chi connectivity index (χ1) is 6.15. The Balaban J connectivity index is 3.12. The zero-order valence-corrected chi connectivity index (χ0v) is 8.30. The molecule has 0 bridgehead atoms. The van der Waals surface area contributed by atoms with E-state index in [0.717, 1.165) is 5.56 Å². The molecule has 1 aromatic rings. The second kappa shape index (κ2) is 4.22. The number of benzene rings is 1. The van der Waals surface area contributed by atoms with Crippen molar-refractivity contribution >= 4 is 23.4 Å². The molecule has 68 valence electrons. The molecule has 0 heterocycles. The average Bonchev–Trinajstić information content (AvgIpc) is 2.04. The summed E-state index contributed by atoms with van der Waals surface area (Å²) in [4.78, 5) is 13.4. The maximum atomic E-state index is 9.97. The summed E-state index contributed by atoms with van der Waals surface area (Å²) in [5, 5.41) is 0.645. The van der Waals surface area contributed by atoms with Crippen molar-refractivity contribution in [3.63, 3.8) is 0 Å². The summed E-state index contributed by atoms with van der Waals surface area (Å²) in [6, 6.07) is 5.30. The predicted octanol–water partition coefficient (Wildman–Crippen LogP) is 3.43. The molecule has 0 radical (unpaired) electrons. The van der Waals surface area contributed by atoms with Gasteiger partial charge in [-0.2, -0.15) is 4.99 Å². The second-order valence-electron chi connectivity index (χ2n) is 3.06. The van der Waals surface area contributed by atoms with Gasteiger partial charge >= 0.3 is 0 Å². The van der Waals surface area contributed by atoms with Gasteiger partial charge in [0, 0.05) is 5.02 Å². The van der Waals surface area contributed by atoms with Crippen LogP contribution in [0.2, 0.25) is 5.02 Å². The first kappa shape index (κ1) is 9.97. The van der Waals surface area contributed by atoms with Crippen LogP contribution in [0, 0.1) is 0 Å². The van der Waals surface area contributed by atoms with Gasteiger partial charge in [-0.3, -0.25) is 0 Å². The van der Waals surface area contributed by atoms with E-state index in [0.29, 0.717) is 16.6 Å². The molecular formula is C10H10ClNO. The lowest BCUT2D eigenvalue weighted by molar-refractivity contribution is 0.565. The Hall–Kier alpha value is -1.11. The van der Waals surface area contributed by atoms with Gasteiger partial charge in [0.1, 0.15) is 0 Å². The van der Waals surface area contributed by atoms with E-state index in [-0.39, 0.29) is 0 Å². The van der Waals surface area contributed by atoms with Crippen molar-refractivity contribution in [2.24, 2.45) is 4.99 Å². The van der Waals surface area contributed by atoms with Gasteiger partial charge in [0.05, 0.1) is 5.69 Å². The van der Waals surface area contributed by atoms with Crippen LogP contribution in [0.1, 0.15) is 25.3 Å². The van der Waals surface area contributed by atoms with E-state index in [4.69, 9.17) is 11.6 Å². The summed E-state index contributed by atoms with van der Waals surface area (Å²) in [5.74, 6) is 0.377. The van der Waals surface area contributed by atoms with Crippen LogP contribution in [0.25, 0.3) is 0 Å². The normalized spacial score (nSPS) is 9.85. The smallest absolute Gasteiger partial charge is 0.211 e. The zero-order chi connectivity index (χ0) is 9.84. The molecule has 0 spiro atoms. The molecule has 1 rings (SSSR count). The first-order valence-electron chi connectivity index (χ1n) is 4.02. The fraction of sp³-hybridized carbons (Fsp3) is 0.300. The maximum Gasteiger partial charge on any atom is 0.240 e. The van der Waals surface area contributed by atoms with Gasteiger partial charge in [-0.05, 0) is 23.6 Å². The minimum absolute atomic E-state index is 0.377. The Kier molecular flexibility index (Phi) is 3.24. The Morgan fingerprint density at radius 2 is 2.15 bits per heavy atom. The lowest BCUT2D eigenvalue weighted by Gasteiger charge is -2.07. The number of halogens is 1. The highest BCUT2D eigenvalue weighted by Crippen LogP contribution is 2.27. The first-order valence-corrected chi connectivity index (χ1v) is 4.40. The largest absolute Gasteiger partial charge is 0.240 e. The Bertz CT molecular complexity index is 354. The SMILES string of the molecule is CC(C)c1ccc(N=C=O)cc1Cl. The molecule has 13 heavy (non-hydrogen) atoms. The average molecular weight is 196 g/mol. The lowest BCUT2D eigenvalue weighted by Crippen LogP contribution is -1.87. The van der Waals surface area contributed by atoms with Crippen molar-refractivity contribution in [2.75, 3.05) is 0 Å². The molecule has 0 unspecified atom stereocenters. The van der Waals surface area contributed by atoms with Gasteiger partial charge in [0.2, 0.25) is 6.08 Å². The number of hydrogen-bond acceptors (Lipinski definition) is 2. The van der Waals surface area contributed by atoms with Crippen LogP contribution in [0.4, 0.5) is 5.69 Å². The monoisotopic (exact) mass is 195 g/mol. The van der Waals surface area contributed by atoms with Crippen molar-refractivity contribution in [1.29, 1.82) is 0 Å². The maximum absolute atomic E-state index is 9.97. The van der Waals surface area contributed by atoms with Gasteiger partial charge in [-0.25, -0.2) is 4.79 Å². The third kappa shape index (κ3) is 2.41. The Morgan fingerprint density at radius 3 is 2.62 bits per heavy atom. The fourth-order valence-corrected chi connectivity index (χ4v) is 1.50. The van der Waals surface area contributed by atoms with Crippen LogP contribution in [-0.4, -0.2) is 6.08 Å². The third-order valence-corrected chi connectivity index (χ3v) is 2.11. The van der Waals surface area contributed by atoms with Crippen molar-refractivity contribution in [2.45, 2.75) is 19.8 Å². The van der Waals surface area contributed by atoms with Crippen LogP contribution in [0.5, 0.6) is 0 Å². The number of isocyanates is 1. The summed E-state index contributed by atoms with van der Waals surface area (Å²) in [6.07, 6.45) is 1.48. The number of hydrogen-bond donors (Lipinski definition) is 0. The number of nitrogens with zero attached hydrogens (tertiary/aromatic N) is 1. The minimum atomic E-state index is 0.377. The van der Waals surface area contributed by atoms with Crippen LogP contribution < -0.4 is 0 Å². The predicted molar refractivity (Wildman–Crippen MR) is 53.3 cm³/mol. The van der Waals surface area contributed by atoms with Gasteiger partial charge in [-0.15, -0.1) is 0 Å². The van der Waals surface area contributed by atoms with E-state index in [9.17, 15) is 4.79 Å². The summed E-state index contributed by atoms with van der Waals surface area (Å²) in [6.45, 7) is 4.12. The van der Waals surface area contributed by atoms with Gasteiger partial charge in [0.15, 0.2) is 0 Å². The highest BCUT2D eigenvalue weighted by atomic mass is 35.5. The quantitative estimate of drug-likeness (QED) is 0.525. The van der Waals surface area contributed by atoms with E-state index in [1.54, 1.807) is 12.1 Å². The van der Waals surface area contributed by atoms with Crippen molar-refractivity contribution in [3.05, 3.63) is 28.8 Å². The summed E-state index contributed by atoms with van der Waals surface area (Å²) < 4.78 is 0. The molecular weight excluding hydrogens is 186 g/mol. The molecule has 0 aromatic heterocycles.